The fourth-order valence-corrected chi connectivity index (χ4v) is 3.05. The van der Waals surface area contributed by atoms with Gasteiger partial charge in [-0.1, -0.05) is 24.6 Å². The predicted octanol–water partition coefficient (Wildman–Crippen LogP) is 4.04. The second-order valence-corrected chi connectivity index (χ2v) is 5.77. The Kier molecular flexibility index (Phi) is 4.92. The number of ether oxygens (including phenoxy) is 2. The number of benzene rings is 1. The van der Waals surface area contributed by atoms with Crippen molar-refractivity contribution in [3.8, 4) is 5.75 Å². The molecule has 3 unspecified atom stereocenters. The van der Waals surface area contributed by atoms with E-state index in [1.165, 1.54) is 12.7 Å². The van der Waals surface area contributed by atoms with Gasteiger partial charge in [0, 0.05) is 0 Å². The second kappa shape index (κ2) is 6.49. The van der Waals surface area contributed by atoms with Gasteiger partial charge in [-0.3, -0.25) is 4.79 Å². The van der Waals surface area contributed by atoms with Gasteiger partial charge in [-0.05, 0) is 48.8 Å². The minimum Gasteiger partial charge on any atom is -0.495 e. The smallest absolute Gasteiger partial charge is 0.308 e. The quantitative estimate of drug-likeness (QED) is 0.743. The second-order valence-electron chi connectivity index (χ2n) is 5.36. The summed E-state index contributed by atoms with van der Waals surface area (Å²) >= 11 is 6.19. The van der Waals surface area contributed by atoms with Crippen LogP contribution < -0.4 is 4.74 Å². The third-order valence-corrected chi connectivity index (χ3v) is 4.45. The van der Waals surface area contributed by atoms with Crippen LogP contribution in [-0.2, 0) is 9.53 Å². The molecule has 0 bridgehead atoms. The maximum atomic E-state index is 11.5. The van der Waals surface area contributed by atoms with E-state index < -0.39 is 0 Å². The molecule has 1 fully saturated rings. The van der Waals surface area contributed by atoms with Crippen LogP contribution in [-0.4, -0.2) is 20.2 Å². The number of rotatable bonds is 6. The lowest BCUT2D eigenvalue weighted by atomic mass is 9.90. The van der Waals surface area contributed by atoms with E-state index in [1.54, 1.807) is 7.11 Å². The largest absolute Gasteiger partial charge is 0.495 e. The van der Waals surface area contributed by atoms with E-state index in [9.17, 15) is 4.79 Å². The van der Waals surface area contributed by atoms with Crippen molar-refractivity contribution in [3.05, 3.63) is 28.8 Å². The van der Waals surface area contributed by atoms with Crippen LogP contribution in [0.5, 0.6) is 5.75 Å². The van der Waals surface area contributed by atoms with Gasteiger partial charge in [-0.15, -0.1) is 0 Å². The van der Waals surface area contributed by atoms with Crippen molar-refractivity contribution in [3.63, 3.8) is 0 Å². The molecule has 0 N–H and O–H groups in total. The van der Waals surface area contributed by atoms with Crippen molar-refractivity contribution >= 4 is 17.6 Å². The van der Waals surface area contributed by atoms with E-state index >= 15 is 0 Å². The molecule has 3 atom stereocenters. The van der Waals surface area contributed by atoms with Crippen LogP contribution in [0.25, 0.3) is 0 Å². The Labute approximate surface area is 125 Å². The Bertz CT molecular complexity index is 487. The summed E-state index contributed by atoms with van der Waals surface area (Å²) in [6.07, 6.45) is 3.00. The maximum Gasteiger partial charge on any atom is 0.308 e. The summed E-state index contributed by atoms with van der Waals surface area (Å²) in [5.41, 5.74) is 1.22. The molecule has 0 radical (unpaired) electrons. The Morgan fingerprint density at radius 1 is 1.45 bits per heavy atom. The van der Waals surface area contributed by atoms with Crippen LogP contribution in [0.4, 0.5) is 0 Å². The highest BCUT2D eigenvalue weighted by Gasteiger charge is 2.44. The SMILES string of the molecule is CCC(CC1CC1C(=O)OC)c1ccc(OC)c(Cl)c1. The number of hydrogen-bond donors (Lipinski definition) is 0. The molecule has 0 amide bonds. The van der Waals surface area contributed by atoms with Gasteiger partial charge >= 0.3 is 5.97 Å². The Balaban J connectivity index is 2.02. The van der Waals surface area contributed by atoms with Gasteiger partial charge in [0.1, 0.15) is 5.75 Å². The summed E-state index contributed by atoms with van der Waals surface area (Å²) in [6.45, 7) is 2.17. The third kappa shape index (κ3) is 3.26. The average Bonchev–Trinajstić information content (AvgIpc) is 3.23. The molecule has 2 rings (SSSR count). The molecule has 1 saturated carbocycles. The number of carbonyl (C=O) groups excluding carboxylic acids is 1. The molecule has 4 heteroatoms. The molecule has 0 heterocycles. The van der Waals surface area contributed by atoms with Crippen LogP contribution in [0.1, 0.15) is 37.7 Å². The van der Waals surface area contributed by atoms with E-state index in [4.69, 9.17) is 21.1 Å². The molecule has 0 aromatic heterocycles. The summed E-state index contributed by atoms with van der Waals surface area (Å²) in [5, 5.41) is 0.642. The molecule has 110 valence electrons. The highest BCUT2D eigenvalue weighted by molar-refractivity contribution is 6.32. The zero-order chi connectivity index (χ0) is 14.7. The van der Waals surface area contributed by atoms with Crippen LogP contribution in [0.2, 0.25) is 5.02 Å². The maximum absolute atomic E-state index is 11.5. The molecule has 0 spiro atoms. The molecule has 1 aromatic rings. The van der Waals surface area contributed by atoms with Crippen LogP contribution in [0.3, 0.4) is 0 Å². The van der Waals surface area contributed by atoms with Crippen molar-refractivity contribution in [1.29, 1.82) is 0 Å². The lowest BCUT2D eigenvalue weighted by Crippen LogP contribution is -2.06. The zero-order valence-corrected chi connectivity index (χ0v) is 12.9. The summed E-state index contributed by atoms with van der Waals surface area (Å²) in [6, 6.07) is 5.95. The van der Waals surface area contributed by atoms with Gasteiger partial charge < -0.3 is 9.47 Å². The van der Waals surface area contributed by atoms with Gasteiger partial charge in [-0.2, -0.15) is 0 Å². The van der Waals surface area contributed by atoms with Gasteiger partial charge in [0.25, 0.3) is 0 Å². The van der Waals surface area contributed by atoms with E-state index in [-0.39, 0.29) is 11.9 Å². The number of halogens is 1. The van der Waals surface area contributed by atoms with Crippen LogP contribution >= 0.6 is 11.6 Å². The summed E-state index contributed by atoms with van der Waals surface area (Å²) in [5.74, 6) is 1.61. The Morgan fingerprint density at radius 3 is 2.75 bits per heavy atom. The Hall–Kier alpha value is -1.22. The van der Waals surface area contributed by atoms with Crippen molar-refractivity contribution < 1.29 is 14.3 Å². The number of carbonyl (C=O) groups is 1. The summed E-state index contributed by atoms with van der Waals surface area (Å²) in [4.78, 5) is 11.5. The highest BCUT2D eigenvalue weighted by Crippen LogP contribution is 2.47. The summed E-state index contributed by atoms with van der Waals surface area (Å²) in [7, 11) is 3.07. The van der Waals surface area contributed by atoms with Crippen molar-refractivity contribution in [2.45, 2.75) is 32.1 Å². The van der Waals surface area contributed by atoms with E-state index in [2.05, 4.69) is 13.0 Å². The van der Waals surface area contributed by atoms with Gasteiger partial charge in [-0.25, -0.2) is 0 Å². The van der Waals surface area contributed by atoms with Crippen LogP contribution in [0, 0.1) is 11.8 Å². The zero-order valence-electron chi connectivity index (χ0n) is 12.2. The fourth-order valence-electron chi connectivity index (χ4n) is 2.79. The topological polar surface area (TPSA) is 35.5 Å². The van der Waals surface area contributed by atoms with Gasteiger partial charge in [0.2, 0.25) is 0 Å². The molecule has 1 aromatic carbocycles. The molecular formula is C16H21ClO3. The lowest BCUT2D eigenvalue weighted by molar-refractivity contribution is -0.142. The molecule has 1 aliphatic rings. The molecule has 0 aliphatic heterocycles. The fraction of sp³-hybridized carbons (Fsp3) is 0.562. The van der Waals surface area contributed by atoms with Gasteiger partial charge in [0.05, 0.1) is 25.2 Å². The number of esters is 1. The summed E-state index contributed by atoms with van der Waals surface area (Å²) < 4.78 is 9.97. The van der Waals surface area contributed by atoms with E-state index in [0.717, 1.165) is 19.3 Å². The Morgan fingerprint density at radius 2 is 2.20 bits per heavy atom. The molecule has 3 nitrogen and oxygen atoms in total. The highest BCUT2D eigenvalue weighted by atomic mass is 35.5. The standard InChI is InChI=1S/C16H21ClO3/c1-4-10(7-12-8-13(12)16(18)20-3)11-5-6-15(19-2)14(17)9-11/h5-6,9-10,12-13H,4,7-8H2,1-3H3. The van der Waals surface area contributed by atoms with Crippen molar-refractivity contribution in [1.82, 2.24) is 0 Å². The molecule has 0 saturated heterocycles. The first-order valence-corrected chi connectivity index (χ1v) is 7.39. The molecular weight excluding hydrogens is 276 g/mol. The predicted molar refractivity (Wildman–Crippen MR) is 79.3 cm³/mol. The first-order valence-electron chi connectivity index (χ1n) is 7.01. The first-order chi connectivity index (χ1) is 9.60. The van der Waals surface area contributed by atoms with Crippen molar-refractivity contribution in [2.24, 2.45) is 11.8 Å². The minimum atomic E-state index is -0.0717. The average molecular weight is 297 g/mol. The number of hydrogen-bond acceptors (Lipinski definition) is 3. The third-order valence-electron chi connectivity index (χ3n) is 4.15. The lowest BCUT2D eigenvalue weighted by Gasteiger charge is -2.16. The van der Waals surface area contributed by atoms with E-state index in [0.29, 0.717) is 22.6 Å². The molecule has 20 heavy (non-hydrogen) atoms. The van der Waals surface area contributed by atoms with Crippen molar-refractivity contribution in [2.75, 3.05) is 14.2 Å². The van der Waals surface area contributed by atoms with Gasteiger partial charge in [0.15, 0.2) is 0 Å². The number of methoxy groups -OCH3 is 2. The monoisotopic (exact) mass is 296 g/mol. The normalized spacial score (nSPS) is 22.2. The molecule has 1 aliphatic carbocycles. The van der Waals surface area contributed by atoms with E-state index in [1.807, 2.05) is 12.1 Å². The first kappa shape index (κ1) is 15.2. The van der Waals surface area contributed by atoms with Crippen LogP contribution in [0.15, 0.2) is 18.2 Å². The minimum absolute atomic E-state index is 0.0717.